The molecular weight excluding hydrogens is 334 g/mol. The molecule has 3 heterocycles. The topological polar surface area (TPSA) is 84.6 Å². The van der Waals surface area contributed by atoms with Crippen molar-refractivity contribution in [3.05, 3.63) is 82.7 Å². The van der Waals surface area contributed by atoms with E-state index < -0.39 is 5.91 Å². The van der Waals surface area contributed by atoms with Gasteiger partial charge in [-0.1, -0.05) is 18.2 Å². The van der Waals surface area contributed by atoms with Crippen LogP contribution >= 0.6 is 0 Å². The number of anilines is 2. The molecule has 130 valence electrons. The molecule has 7 heteroatoms. The number of para-hydroxylation sites is 2. The van der Waals surface area contributed by atoms with Gasteiger partial charge in [0.25, 0.3) is 11.5 Å². The molecule has 26 heavy (non-hydrogen) atoms. The van der Waals surface area contributed by atoms with Gasteiger partial charge in [0, 0.05) is 12.3 Å². The quantitative estimate of drug-likeness (QED) is 0.785. The van der Waals surface area contributed by atoms with Crippen molar-refractivity contribution < 1.29 is 14.0 Å². The lowest BCUT2D eigenvalue weighted by molar-refractivity contribution is -0.115. The molecule has 0 fully saturated rings. The summed E-state index contributed by atoms with van der Waals surface area (Å²) in [5, 5.41) is 2.74. The molecule has 4 rings (SSSR count). The highest BCUT2D eigenvalue weighted by atomic mass is 16.4. The molecule has 1 N–H and O–H groups in total. The van der Waals surface area contributed by atoms with Gasteiger partial charge in [0.1, 0.15) is 12.3 Å². The van der Waals surface area contributed by atoms with Crippen molar-refractivity contribution in [2.75, 3.05) is 16.8 Å². The van der Waals surface area contributed by atoms with Gasteiger partial charge in [-0.05, 0) is 30.3 Å². The highest BCUT2D eigenvalue weighted by molar-refractivity contribution is 6.14. The van der Waals surface area contributed by atoms with Gasteiger partial charge in [0.2, 0.25) is 5.91 Å². The van der Waals surface area contributed by atoms with Gasteiger partial charge in [0.05, 0.1) is 17.9 Å². The van der Waals surface area contributed by atoms with Crippen LogP contribution in [0.25, 0.3) is 0 Å². The van der Waals surface area contributed by atoms with E-state index in [1.165, 1.54) is 15.5 Å². The summed E-state index contributed by atoms with van der Waals surface area (Å²) < 4.78 is 7.11. The molecule has 0 spiro atoms. The molecule has 1 aromatic carbocycles. The monoisotopic (exact) mass is 349 g/mol. The Bertz CT molecular complexity index is 1050. The lowest BCUT2D eigenvalue weighted by atomic mass is 10.2. The number of furan rings is 1. The van der Waals surface area contributed by atoms with Crippen LogP contribution in [0.5, 0.6) is 0 Å². The van der Waals surface area contributed by atoms with Crippen LogP contribution in [0.1, 0.15) is 16.3 Å². The maximum absolute atomic E-state index is 12.8. The average Bonchev–Trinajstić information content (AvgIpc) is 3.11. The molecule has 1 aliphatic rings. The molecule has 0 bridgehead atoms. The molecule has 3 aromatic rings. The molecule has 0 atom stereocenters. The lowest BCUT2D eigenvalue weighted by Crippen LogP contribution is -2.42. The van der Waals surface area contributed by atoms with E-state index in [-0.39, 0.29) is 30.3 Å². The van der Waals surface area contributed by atoms with Gasteiger partial charge in [0.15, 0.2) is 5.76 Å². The second-order valence-corrected chi connectivity index (χ2v) is 5.89. The highest BCUT2D eigenvalue weighted by Crippen LogP contribution is 2.30. The zero-order valence-electron chi connectivity index (χ0n) is 13.7. The molecule has 2 aromatic heterocycles. The Morgan fingerprint density at radius 3 is 2.69 bits per heavy atom. The van der Waals surface area contributed by atoms with Gasteiger partial charge in [-0.3, -0.25) is 19.3 Å². The summed E-state index contributed by atoms with van der Waals surface area (Å²) in [7, 11) is 0. The van der Waals surface area contributed by atoms with Gasteiger partial charge < -0.3 is 14.3 Å². The number of rotatable bonds is 3. The number of nitrogens with one attached hydrogen (secondary N) is 1. The molecular formula is C19H15N3O4. The average molecular weight is 349 g/mol. The van der Waals surface area contributed by atoms with Gasteiger partial charge >= 0.3 is 0 Å². The first-order valence-corrected chi connectivity index (χ1v) is 8.07. The van der Waals surface area contributed by atoms with E-state index in [4.69, 9.17) is 4.42 Å². The highest BCUT2D eigenvalue weighted by Gasteiger charge is 2.29. The van der Waals surface area contributed by atoms with Crippen LogP contribution < -0.4 is 15.8 Å². The first kappa shape index (κ1) is 15.9. The smallest absolute Gasteiger partial charge is 0.294 e. The summed E-state index contributed by atoms with van der Waals surface area (Å²) in [5.41, 5.74) is 1.05. The maximum atomic E-state index is 12.8. The van der Waals surface area contributed by atoms with Crippen LogP contribution in [0.3, 0.4) is 0 Å². The number of hydrogen-bond donors (Lipinski definition) is 1. The van der Waals surface area contributed by atoms with Crippen molar-refractivity contribution in [3.63, 3.8) is 0 Å². The molecule has 0 saturated heterocycles. The van der Waals surface area contributed by atoms with E-state index in [0.29, 0.717) is 17.1 Å². The first-order chi connectivity index (χ1) is 12.6. The number of nitrogens with zero attached hydrogens (tertiary/aromatic N) is 2. The van der Waals surface area contributed by atoms with Crippen molar-refractivity contribution >= 4 is 23.2 Å². The summed E-state index contributed by atoms with van der Waals surface area (Å²) in [5.74, 6) is -0.0662. The number of fused-ring (bicyclic) bond motifs is 1. The zero-order valence-corrected chi connectivity index (χ0v) is 13.7. The van der Waals surface area contributed by atoms with E-state index in [2.05, 4.69) is 5.32 Å². The number of aromatic nitrogens is 1. The lowest BCUT2D eigenvalue weighted by Gasteiger charge is -2.28. The molecule has 0 aliphatic carbocycles. The summed E-state index contributed by atoms with van der Waals surface area (Å²) in [6, 6.07) is 15.2. The normalized spacial score (nSPS) is 13.2. The zero-order chi connectivity index (χ0) is 18.1. The van der Waals surface area contributed by atoms with E-state index in [0.717, 1.165) is 0 Å². The van der Waals surface area contributed by atoms with Gasteiger partial charge in [-0.25, -0.2) is 0 Å². The predicted octanol–water partition coefficient (Wildman–Crippen LogP) is 2.09. The maximum Gasteiger partial charge on any atom is 0.294 e. The van der Waals surface area contributed by atoms with Crippen molar-refractivity contribution in [2.45, 2.75) is 6.54 Å². The Labute approximate surface area is 148 Å². The SMILES string of the molecule is O=C1CN(C(=O)c2ccc(Cn3ccccc3=O)o2)c2ccccc2N1. The summed E-state index contributed by atoms with van der Waals surface area (Å²) in [6.45, 7) is 0.147. The molecule has 0 radical (unpaired) electrons. The number of benzene rings is 1. The molecule has 0 unspecified atom stereocenters. The minimum Gasteiger partial charge on any atom is -0.454 e. The van der Waals surface area contributed by atoms with Gasteiger partial charge in [-0.15, -0.1) is 0 Å². The van der Waals surface area contributed by atoms with Crippen LogP contribution in [-0.2, 0) is 11.3 Å². The van der Waals surface area contributed by atoms with E-state index in [1.54, 1.807) is 54.7 Å². The fourth-order valence-electron chi connectivity index (χ4n) is 2.88. The molecule has 1 aliphatic heterocycles. The minimum atomic E-state index is -0.404. The fraction of sp³-hybridized carbons (Fsp3) is 0.105. The second-order valence-electron chi connectivity index (χ2n) is 5.89. The molecule has 0 saturated carbocycles. The fourth-order valence-corrected chi connectivity index (χ4v) is 2.88. The molecule has 7 nitrogen and oxygen atoms in total. The largest absolute Gasteiger partial charge is 0.454 e. The van der Waals surface area contributed by atoms with E-state index >= 15 is 0 Å². The van der Waals surface area contributed by atoms with Crippen molar-refractivity contribution in [1.29, 1.82) is 0 Å². The van der Waals surface area contributed by atoms with Crippen LogP contribution in [0.4, 0.5) is 11.4 Å². The van der Waals surface area contributed by atoms with Gasteiger partial charge in [-0.2, -0.15) is 0 Å². The number of carbonyl (C=O) groups is 2. The summed E-state index contributed by atoms with van der Waals surface area (Å²) in [6.07, 6.45) is 1.65. The Morgan fingerprint density at radius 1 is 1.04 bits per heavy atom. The Balaban J connectivity index is 1.60. The van der Waals surface area contributed by atoms with E-state index in [1.807, 2.05) is 0 Å². The van der Waals surface area contributed by atoms with Crippen molar-refractivity contribution in [2.24, 2.45) is 0 Å². The van der Waals surface area contributed by atoms with E-state index in [9.17, 15) is 14.4 Å². The molecule has 2 amide bonds. The number of amides is 2. The third kappa shape index (κ3) is 2.90. The van der Waals surface area contributed by atoms with Crippen LogP contribution in [0.2, 0.25) is 0 Å². The third-order valence-corrected chi connectivity index (χ3v) is 4.11. The second kappa shape index (κ2) is 6.36. The third-order valence-electron chi connectivity index (χ3n) is 4.11. The number of pyridine rings is 1. The van der Waals surface area contributed by atoms with Crippen LogP contribution in [0, 0.1) is 0 Å². The Hall–Kier alpha value is -3.61. The standard InChI is InChI=1S/C19H15N3O4/c23-17-12-22(15-6-2-1-5-14(15)20-17)19(25)16-9-8-13(26-16)11-21-10-4-3-7-18(21)24/h1-10H,11-12H2,(H,20,23). The minimum absolute atomic E-state index is 0.0793. The summed E-state index contributed by atoms with van der Waals surface area (Å²) in [4.78, 5) is 37.9. The van der Waals surface area contributed by atoms with Crippen LogP contribution in [-0.4, -0.2) is 22.9 Å². The van der Waals surface area contributed by atoms with Crippen molar-refractivity contribution in [1.82, 2.24) is 4.57 Å². The van der Waals surface area contributed by atoms with Crippen LogP contribution in [0.15, 0.2) is 70.0 Å². The number of carbonyl (C=O) groups excluding carboxylic acids is 2. The summed E-state index contributed by atoms with van der Waals surface area (Å²) >= 11 is 0. The van der Waals surface area contributed by atoms with Crippen molar-refractivity contribution in [3.8, 4) is 0 Å². The Kier molecular flexibility index (Phi) is 3.89. The predicted molar refractivity (Wildman–Crippen MR) is 95.3 cm³/mol. The first-order valence-electron chi connectivity index (χ1n) is 8.07. The number of hydrogen-bond acceptors (Lipinski definition) is 4. The Morgan fingerprint density at radius 2 is 1.85 bits per heavy atom.